The maximum absolute atomic E-state index is 12.2. The Balaban J connectivity index is 1.69. The van der Waals surface area contributed by atoms with Crippen LogP contribution in [0.4, 0.5) is 0 Å². The van der Waals surface area contributed by atoms with Crippen molar-refractivity contribution in [2.75, 3.05) is 26.3 Å². The highest BCUT2D eigenvalue weighted by Gasteiger charge is 2.25. The molecule has 2 rings (SSSR count). The average molecular weight is 276 g/mol. The second kappa shape index (κ2) is 8.00. The Labute approximate surface area is 121 Å². The number of aromatic nitrogens is 1. The highest BCUT2D eigenvalue weighted by Crippen LogP contribution is 2.18. The number of hydrogen-bond acceptors (Lipinski definition) is 3. The predicted molar refractivity (Wildman–Crippen MR) is 78.4 cm³/mol. The second-order valence-electron chi connectivity index (χ2n) is 5.42. The van der Waals surface area contributed by atoms with Gasteiger partial charge < -0.3 is 9.64 Å². The van der Waals surface area contributed by atoms with E-state index in [0.717, 1.165) is 45.6 Å². The minimum atomic E-state index is 0.264. The van der Waals surface area contributed by atoms with E-state index in [4.69, 9.17) is 4.74 Å². The number of carbonyl (C=O) groups is 1. The normalized spacial score (nSPS) is 18.4. The van der Waals surface area contributed by atoms with E-state index in [-0.39, 0.29) is 5.91 Å². The number of pyridine rings is 1. The van der Waals surface area contributed by atoms with E-state index in [1.165, 1.54) is 5.56 Å². The van der Waals surface area contributed by atoms with E-state index in [1.807, 2.05) is 17.0 Å². The molecule has 0 saturated carbocycles. The third kappa shape index (κ3) is 4.60. The molecule has 1 fully saturated rings. The van der Waals surface area contributed by atoms with Gasteiger partial charge in [-0.15, -0.1) is 0 Å². The summed E-state index contributed by atoms with van der Waals surface area (Å²) in [6.45, 7) is 5.48. The van der Waals surface area contributed by atoms with Gasteiger partial charge in [-0.25, -0.2) is 0 Å². The molecule has 0 aromatic carbocycles. The fraction of sp³-hybridized carbons (Fsp3) is 0.625. The Bertz CT molecular complexity index is 408. The van der Waals surface area contributed by atoms with E-state index < -0.39 is 0 Å². The number of nitrogens with zero attached hydrogens (tertiary/aromatic N) is 2. The van der Waals surface area contributed by atoms with Crippen molar-refractivity contribution < 1.29 is 9.53 Å². The maximum Gasteiger partial charge on any atom is 0.222 e. The van der Waals surface area contributed by atoms with Crippen molar-refractivity contribution in [3.05, 3.63) is 30.1 Å². The van der Waals surface area contributed by atoms with Crippen LogP contribution in [0.5, 0.6) is 0 Å². The van der Waals surface area contributed by atoms with Crippen molar-refractivity contribution in [3.8, 4) is 0 Å². The fourth-order valence-electron chi connectivity index (χ4n) is 2.55. The topological polar surface area (TPSA) is 42.4 Å². The Morgan fingerprint density at radius 3 is 3.00 bits per heavy atom. The van der Waals surface area contributed by atoms with Gasteiger partial charge in [0.2, 0.25) is 5.91 Å². The molecular formula is C16H24N2O2. The van der Waals surface area contributed by atoms with Crippen LogP contribution in [0.3, 0.4) is 0 Å². The summed E-state index contributed by atoms with van der Waals surface area (Å²) >= 11 is 0. The number of likely N-dealkylation sites (tertiary alicyclic amines) is 1. The van der Waals surface area contributed by atoms with Crippen LogP contribution in [0.2, 0.25) is 0 Å². The van der Waals surface area contributed by atoms with Gasteiger partial charge in [-0.2, -0.15) is 0 Å². The minimum Gasteiger partial charge on any atom is -0.381 e. The van der Waals surface area contributed by atoms with Crippen LogP contribution >= 0.6 is 0 Å². The van der Waals surface area contributed by atoms with E-state index >= 15 is 0 Å². The molecule has 1 aromatic rings. The van der Waals surface area contributed by atoms with E-state index in [2.05, 4.69) is 11.9 Å². The van der Waals surface area contributed by atoms with Crippen molar-refractivity contribution in [1.29, 1.82) is 0 Å². The molecule has 2 heterocycles. The van der Waals surface area contributed by atoms with Crippen LogP contribution in [0, 0.1) is 5.92 Å². The Hall–Kier alpha value is -1.42. The molecule has 4 nitrogen and oxygen atoms in total. The molecule has 110 valence electrons. The smallest absolute Gasteiger partial charge is 0.222 e. The summed E-state index contributed by atoms with van der Waals surface area (Å²) in [6.07, 6.45) is 7.07. The van der Waals surface area contributed by atoms with Crippen molar-refractivity contribution in [2.24, 2.45) is 5.92 Å². The molecule has 0 bridgehead atoms. The monoisotopic (exact) mass is 276 g/mol. The maximum atomic E-state index is 12.2. The number of aryl methyl sites for hydroxylation is 1. The van der Waals surface area contributed by atoms with Gasteiger partial charge in [-0.05, 0) is 37.0 Å². The summed E-state index contributed by atoms with van der Waals surface area (Å²) in [5.74, 6) is 0.784. The van der Waals surface area contributed by atoms with Crippen LogP contribution in [-0.4, -0.2) is 42.1 Å². The molecule has 1 atom stereocenters. The lowest BCUT2D eigenvalue weighted by Crippen LogP contribution is -2.29. The molecule has 0 N–H and O–H groups in total. The van der Waals surface area contributed by atoms with Crippen LogP contribution < -0.4 is 0 Å². The first kappa shape index (κ1) is 15.0. The Morgan fingerprint density at radius 1 is 1.45 bits per heavy atom. The molecule has 0 radical (unpaired) electrons. The quantitative estimate of drug-likeness (QED) is 0.718. The Kier molecular flexibility index (Phi) is 5.99. The average Bonchev–Trinajstić information content (AvgIpc) is 2.95. The molecule has 1 aliphatic rings. The van der Waals surface area contributed by atoms with Gasteiger partial charge in [0, 0.05) is 44.4 Å². The third-order valence-corrected chi connectivity index (χ3v) is 3.72. The molecular weight excluding hydrogens is 252 g/mol. The zero-order valence-corrected chi connectivity index (χ0v) is 12.3. The molecule has 1 aliphatic heterocycles. The molecule has 0 spiro atoms. The zero-order chi connectivity index (χ0) is 14.2. The first-order valence-corrected chi connectivity index (χ1v) is 7.54. The first-order chi connectivity index (χ1) is 9.79. The number of carbonyl (C=O) groups excluding carboxylic acids is 1. The number of ether oxygens (including phenoxy) is 1. The lowest BCUT2D eigenvalue weighted by Gasteiger charge is -2.16. The number of hydrogen-bond donors (Lipinski definition) is 0. The molecule has 1 amide bonds. The van der Waals surface area contributed by atoms with Crippen molar-refractivity contribution >= 4 is 5.91 Å². The summed E-state index contributed by atoms with van der Waals surface area (Å²) in [4.78, 5) is 18.1. The van der Waals surface area contributed by atoms with Gasteiger partial charge in [0.25, 0.3) is 0 Å². The largest absolute Gasteiger partial charge is 0.381 e. The lowest BCUT2D eigenvalue weighted by molar-refractivity contribution is -0.130. The summed E-state index contributed by atoms with van der Waals surface area (Å²) in [7, 11) is 0. The minimum absolute atomic E-state index is 0.264. The van der Waals surface area contributed by atoms with Gasteiger partial charge >= 0.3 is 0 Å². The van der Waals surface area contributed by atoms with Crippen LogP contribution in [0.25, 0.3) is 0 Å². The van der Waals surface area contributed by atoms with Crippen molar-refractivity contribution in [3.63, 3.8) is 0 Å². The lowest BCUT2D eigenvalue weighted by atomic mass is 10.1. The molecule has 1 saturated heterocycles. The van der Waals surface area contributed by atoms with Gasteiger partial charge in [0.1, 0.15) is 0 Å². The van der Waals surface area contributed by atoms with Crippen LogP contribution in [0.15, 0.2) is 24.5 Å². The van der Waals surface area contributed by atoms with E-state index in [9.17, 15) is 4.79 Å². The molecule has 20 heavy (non-hydrogen) atoms. The van der Waals surface area contributed by atoms with Crippen molar-refractivity contribution in [2.45, 2.75) is 32.6 Å². The Morgan fingerprint density at radius 2 is 2.25 bits per heavy atom. The van der Waals surface area contributed by atoms with Crippen LogP contribution in [0.1, 0.15) is 31.7 Å². The van der Waals surface area contributed by atoms with Gasteiger partial charge in [0.15, 0.2) is 0 Å². The highest BCUT2D eigenvalue weighted by molar-refractivity contribution is 5.76. The third-order valence-electron chi connectivity index (χ3n) is 3.72. The molecule has 4 heteroatoms. The highest BCUT2D eigenvalue weighted by atomic mass is 16.5. The fourth-order valence-corrected chi connectivity index (χ4v) is 2.55. The summed E-state index contributed by atoms with van der Waals surface area (Å²) in [5, 5.41) is 0. The second-order valence-corrected chi connectivity index (χ2v) is 5.42. The van der Waals surface area contributed by atoms with Crippen molar-refractivity contribution in [1.82, 2.24) is 9.88 Å². The molecule has 0 aliphatic carbocycles. The predicted octanol–water partition coefficient (Wildman–Crippen LogP) is 2.29. The van der Waals surface area contributed by atoms with Gasteiger partial charge in [0.05, 0.1) is 6.61 Å². The van der Waals surface area contributed by atoms with Gasteiger partial charge in [-0.3, -0.25) is 9.78 Å². The van der Waals surface area contributed by atoms with Gasteiger partial charge in [-0.1, -0.05) is 6.92 Å². The molecule has 1 unspecified atom stereocenters. The first-order valence-electron chi connectivity index (χ1n) is 7.54. The number of amides is 1. The SMILES string of the molecule is CCCOCC1CCN(C(=O)CCc2ccncc2)C1. The van der Waals surface area contributed by atoms with Crippen LogP contribution in [-0.2, 0) is 16.0 Å². The molecule has 1 aromatic heterocycles. The summed E-state index contributed by atoms with van der Waals surface area (Å²) in [6, 6.07) is 3.94. The van der Waals surface area contributed by atoms with E-state index in [0.29, 0.717) is 12.3 Å². The summed E-state index contributed by atoms with van der Waals surface area (Å²) < 4.78 is 5.58. The standard InChI is InChI=1S/C16H24N2O2/c1-2-11-20-13-15-7-10-18(12-15)16(19)4-3-14-5-8-17-9-6-14/h5-6,8-9,15H,2-4,7,10-13H2,1H3. The van der Waals surface area contributed by atoms with E-state index in [1.54, 1.807) is 12.4 Å². The zero-order valence-electron chi connectivity index (χ0n) is 12.3. The number of rotatable bonds is 7. The summed E-state index contributed by atoms with van der Waals surface area (Å²) in [5.41, 5.74) is 1.18.